The van der Waals surface area contributed by atoms with E-state index in [4.69, 9.17) is 14.2 Å². The van der Waals surface area contributed by atoms with E-state index in [-0.39, 0.29) is 13.0 Å². The van der Waals surface area contributed by atoms with Crippen LogP contribution >= 0.6 is 0 Å². The molecule has 0 spiro atoms. The first-order valence-electron chi connectivity index (χ1n) is 17.1. The van der Waals surface area contributed by atoms with Crippen LogP contribution in [0.15, 0.2) is 66.7 Å². The second-order valence-corrected chi connectivity index (χ2v) is 14.0. The largest absolute Gasteiger partial charge is 0.459 e. The molecule has 1 heterocycles. The molecule has 0 bridgehead atoms. The molecule has 2 amide bonds. The van der Waals surface area contributed by atoms with Crippen molar-refractivity contribution in [2.75, 3.05) is 18.4 Å². The summed E-state index contributed by atoms with van der Waals surface area (Å²) in [4.78, 5) is 41.8. The van der Waals surface area contributed by atoms with Crippen LogP contribution in [0.4, 0.5) is 15.3 Å². The predicted octanol–water partition coefficient (Wildman–Crippen LogP) is 7.37. The number of benzene rings is 3. The van der Waals surface area contributed by atoms with Crippen LogP contribution in [-0.4, -0.2) is 53.8 Å². The number of hydrogen-bond donors (Lipinski definition) is 2. The lowest BCUT2D eigenvalue weighted by molar-refractivity contribution is -0.147. The first kappa shape index (κ1) is 35.0. The Bertz CT molecular complexity index is 1580. The van der Waals surface area contributed by atoms with Crippen LogP contribution in [0.1, 0.15) is 74.8 Å². The number of piperidine rings is 1. The van der Waals surface area contributed by atoms with Gasteiger partial charge < -0.3 is 19.5 Å². The first-order valence-corrected chi connectivity index (χ1v) is 17.1. The van der Waals surface area contributed by atoms with E-state index in [9.17, 15) is 14.4 Å². The fraction of sp³-hybridized carbons (Fsp3) is 0.462. The quantitative estimate of drug-likeness (QED) is 0.220. The van der Waals surface area contributed by atoms with Crippen LogP contribution in [0.25, 0.3) is 0 Å². The Morgan fingerprint density at radius 3 is 2.48 bits per heavy atom. The van der Waals surface area contributed by atoms with Crippen LogP contribution < -0.4 is 15.4 Å². The molecule has 1 saturated heterocycles. The number of nitrogens with zero attached hydrogens (tertiary/aromatic N) is 1. The maximum atomic E-state index is 13.3. The van der Waals surface area contributed by atoms with Crippen LogP contribution in [0.5, 0.6) is 5.75 Å². The monoisotopic (exact) mass is 655 g/mol. The van der Waals surface area contributed by atoms with Crippen molar-refractivity contribution in [3.8, 4) is 5.75 Å². The number of fused-ring (bicyclic) bond motifs is 2. The van der Waals surface area contributed by atoms with Gasteiger partial charge in [-0.2, -0.15) is 0 Å². The zero-order valence-electron chi connectivity index (χ0n) is 28.8. The minimum Gasteiger partial charge on any atom is -0.459 e. The molecule has 3 atom stereocenters. The van der Waals surface area contributed by atoms with E-state index in [1.54, 1.807) is 39.0 Å². The average Bonchev–Trinajstić information content (AvgIpc) is 3.04. The maximum absolute atomic E-state index is 13.3. The number of carbonyl (C=O) groups excluding carboxylic acids is 3. The van der Waals surface area contributed by atoms with Gasteiger partial charge in [-0.05, 0) is 119 Å². The van der Waals surface area contributed by atoms with Crippen LogP contribution in [0.3, 0.4) is 0 Å². The third kappa shape index (κ3) is 9.37. The maximum Gasteiger partial charge on any atom is 0.417 e. The summed E-state index contributed by atoms with van der Waals surface area (Å²) in [6, 6.07) is 20.2. The number of rotatable bonds is 10. The molecule has 0 radical (unpaired) electrons. The molecule has 0 saturated carbocycles. The number of anilines is 1. The van der Waals surface area contributed by atoms with Gasteiger partial charge >= 0.3 is 18.2 Å². The van der Waals surface area contributed by atoms with Crippen LogP contribution in [0, 0.1) is 12.8 Å². The summed E-state index contributed by atoms with van der Waals surface area (Å²) in [5, 5.41) is 5.53. The molecule has 256 valence electrons. The zero-order chi connectivity index (χ0) is 34.3. The lowest BCUT2D eigenvalue weighted by Gasteiger charge is -2.45. The van der Waals surface area contributed by atoms with Gasteiger partial charge in [-0.15, -0.1) is 0 Å². The van der Waals surface area contributed by atoms with E-state index in [0.717, 1.165) is 49.0 Å². The molecule has 1 aliphatic carbocycles. The lowest BCUT2D eigenvalue weighted by Crippen LogP contribution is -2.49. The average molecular weight is 656 g/mol. The summed E-state index contributed by atoms with van der Waals surface area (Å²) in [7, 11) is 0. The molecule has 1 aliphatic heterocycles. The Morgan fingerprint density at radius 1 is 0.958 bits per heavy atom. The zero-order valence-corrected chi connectivity index (χ0v) is 28.8. The topological polar surface area (TPSA) is 106 Å². The lowest BCUT2D eigenvalue weighted by atomic mass is 9.74. The highest BCUT2D eigenvalue weighted by atomic mass is 16.6. The second-order valence-electron chi connectivity index (χ2n) is 14.0. The third-order valence-corrected chi connectivity index (χ3v) is 9.00. The smallest absolute Gasteiger partial charge is 0.417 e. The van der Waals surface area contributed by atoms with Gasteiger partial charge in [-0.1, -0.05) is 61.5 Å². The first-order chi connectivity index (χ1) is 23.0. The van der Waals surface area contributed by atoms with Gasteiger partial charge in [0.25, 0.3) is 0 Å². The summed E-state index contributed by atoms with van der Waals surface area (Å²) >= 11 is 0. The molecule has 5 rings (SSSR count). The Balaban J connectivity index is 1.26. The van der Waals surface area contributed by atoms with E-state index >= 15 is 0 Å². The normalized spacial score (nSPS) is 18.1. The number of amides is 2. The predicted molar refractivity (Wildman–Crippen MR) is 186 cm³/mol. The van der Waals surface area contributed by atoms with E-state index in [1.807, 2.05) is 49.4 Å². The van der Waals surface area contributed by atoms with Gasteiger partial charge in [0.1, 0.15) is 24.0 Å². The molecule has 3 aromatic rings. The highest BCUT2D eigenvalue weighted by molar-refractivity contribution is 5.87. The number of carbonyl (C=O) groups is 3. The van der Waals surface area contributed by atoms with Crippen molar-refractivity contribution in [1.29, 1.82) is 0 Å². The van der Waals surface area contributed by atoms with E-state index in [0.29, 0.717) is 29.0 Å². The summed E-state index contributed by atoms with van der Waals surface area (Å²) in [5.74, 6) is 0.614. The highest BCUT2D eigenvalue weighted by Crippen LogP contribution is 2.40. The van der Waals surface area contributed by atoms with E-state index in [2.05, 4.69) is 28.5 Å². The number of aryl methyl sites for hydroxylation is 1. The van der Waals surface area contributed by atoms with Gasteiger partial charge in [-0.25, -0.2) is 14.4 Å². The van der Waals surface area contributed by atoms with Gasteiger partial charge in [0.2, 0.25) is 0 Å². The van der Waals surface area contributed by atoms with E-state index in [1.165, 1.54) is 18.4 Å². The molecular formula is C39H49N3O6. The molecule has 3 aromatic carbocycles. The number of hydrogen-bond acceptors (Lipinski definition) is 7. The summed E-state index contributed by atoms with van der Waals surface area (Å²) in [6.45, 7) is 11.8. The van der Waals surface area contributed by atoms with Gasteiger partial charge in [0.15, 0.2) is 0 Å². The Morgan fingerprint density at radius 2 is 1.73 bits per heavy atom. The Hall–Kier alpha value is -4.37. The Labute approximate surface area is 284 Å². The molecule has 9 nitrogen and oxygen atoms in total. The van der Waals surface area contributed by atoms with Crippen molar-refractivity contribution in [3.05, 3.63) is 94.5 Å². The van der Waals surface area contributed by atoms with Crippen molar-refractivity contribution in [1.82, 2.24) is 10.2 Å². The summed E-state index contributed by atoms with van der Waals surface area (Å²) in [6.07, 6.45) is 4.27. The molecule has 2 N–H and O–H groups in total. The fourth-order valence-corrected chi connectivity index (χ4v) is 6.86. The number of nitrogens with one attached hydrogen (secondary N) is 2. The SMILES string of the molecule is CCCN1CCC[C@@H]2Cc3c(ccc(C)c3OC(=O)Nc3cccc(C[C@H](NC(=O)OC(C)(C)C)C(=O)OCc4ccccc4)c3)C[C@H]21. The highest BCUT2D eigenvalue weighted by Gasteiger charge is 2.37. The van der Waals surface area contributed by atoms with Crippen molar-refractivity contribution in [3.63, 3.8) is 0 Å². The van der Waals surface area contributed by atoms with Crippen molar-refractivity contribution < 1.29 is 28.6 Å². The summed E-state index contributed by atoms with van der Waals surface area (Å²) in [5.41, 5.74) is 4.65. The number of esters is 1. The fourth-order valence-electron chi connectivity index (χ4n) is 6.86. The number of alkyl carbamates (subject to hydrolysis) is 1. The Kier molecular flexibility index (Phi) is 11.4. The van der Waals surface area contributed by atoms with Crippen molar-refractivity contribution in [2.45, 2.75) is 97.4 Å². The molecule has 0 unspecified atom stereocenters. The molecular weight excluding hydrogens is 606 g/mol. The third-order valence-electron chi connectivity index (χ3n) is 9.00. The standard InChI is InChI=1S/C39H49N3O6/c1-6-19-42-20-11-15-30-23-32-29(24-34(30)42)18-17-26(2)35(32)47-37(44)40-31-16-10-14-28(21-31)22-33(41-38(45)48-39(3,4)5)36(43)46-25-27-12-8-7-9-13-27/h7-10,12-14,16-18,21,30,33-34H,6,11,15,19-20,22-25H2,1-5H3,(H,40,44)(H,41,45)/t30-,33+,34-/m1/s1. The van der Waals surface area contributed by atoms with Gasteiger partial charge in [0, 0.05) is 18.2 Å². The van der Waals surface area contributed by atoms with E-state index < -0.39 is 29.8 Å². The van der Waals surface area contributed by atoms with Gasteiger partial charge in [0.05, 0.1) is 0 Å². The second kappa shape index (κ2) is 15.7. The van der Waals surface area contributed by atoms with Crippen molar-refractivity contribution in [2.24, 2.45) is 5.92 Å². The van der Waals surface area contributed by atoms with Crippen molar-refractivity contribution >= 4 is 23.8 Å². The molecule has 0 aromatic heterocycles. The summed E-state index contributed by atoms with van der Waals surface area (Å²) < 4.78 is 17.0. The number of likely N-dealkylation sites (tertiary alicyclic amines) is 1. The molecule has 2 aliphatic rings. The number of ether oxygens (including phenoxy) is 3. The van der Waals surface area contributed by atoms with Gasteiger partial charge in [-0.3, -0.25) is 10.2 Å². The van der Waals surface area contributed by atoms with Crippen LogP contribution in [0.2, 0.25) is 0 Å². The van der Waals surface area contributed by atoms with Crippen LogP contribution in [-0.2, 0) is 40.1 Å². The minimum atomic E-state index is -1.01. The minimum absolute atomic E-state index is 0.0701. The molecule has 1 fully saturated rings. The molecule has 9 heteroatoms. The molecule has 48 heavy (non-hydrogen) atoms.